The maximum absolute atomic E-state index is 8.77. The van der Waals surface area contributed by atoms with Crippen LogP contribution < -0.4 is 0 Å². The maximum atomic E-state index is 8.77. The fraction of sp³-hybridized carbons (Fsp3) is 0.625. The van der Waals surface area contributed by atoms with Crippen molar-refractivity contribution >= 4 is 51.1 Å². The first-order chi connectivity index (χ1) is 7.61. The molecule has 0 atom stereocenters. The van der Waals surface area contributed by atoms with Crippen molar-refractivity contribution in [3.63, 3.8) is 0 Å². The lowest BCUT2D eigenvalue weighted by molar-refractivity contribution is 0.219. The third-order valence-corrected chi connectivity index (χ3v) is 0.707. The Morgan fingerprint density at radius 2 is 0.882 bits per heavy atom. The van der Waals surface area contributed by atoms with Gasteiger partial charge >= 0.3 is 16.3 Å². The van der Waals surface area contributed by atoms with Crippen molar-refractivity contribution in [2.45, 2.75) is 33.1 Å². The van der Waals surface area contributed by atoms with Crippen LogP contribution in [0.15, 0.2) is 0 Å². The largest absolute Gasteiger partial charge is 0.469 e. The minimum atomic E-state index is -1.36. The van der Waals surface area contributed by atoms with Crippen LogP contribution in [0.1, 0.15) is 33.1 Å². The molecule has 3 N–H and O–H groups in total. The van der Waals surface area contributed by atoms with Crippen LogP contribution in [0.25, 0.3) is 0 Å². The topological polar surface area (TPSA) is 112 Å². The van der Waals surface area contributed by atoms with Crippen molar-refractivity contribution in [2.24, 2.45) is 0 Å². The maximum Gasteiger partial charge on any atom is 0.401 e. The van der Waals surface area contributed by atoms with Crippen LogP contribution in [-0.4, -0.2) is 31.6 Å². The molecule has 9 heteroatoms. The number of unbranched alkanes of at least 4 members (excludes halogenated alkanes) is 2. The Bertz CT molecular complexity index is 155. The third-order valence-electron chi connectivity index (χ3n) is 0.707. The molecule has 17 heavy (non-hydrogen) atoms. The average Bonchev–Trinajstić information content (AvgIpc) is 2.01. The SMILES string of the molecule is CCCCC.O=C(O)Cl.O=C(O)Cl.O=C(O)Cl. The number of halogens is 3. The molecule has 0 rings (SSSR count). The summed E-state index contributed by atoms with van der Waals surface area (Å²) in [6.07, 6.45) is 4.08. The average molecular weight is 314 g/mol. The van der Waals surface area contributed by atoms with E-state index in [0.29, 0.717) is 0 Å². The number of carboxylic acid groups (broad SMARTS) is 3. The summed E-state index contributed by atoms with van der Waals surface area (Å²) in [4.78, 5) is 26.3. The molecular weight excluding hydrogens is 298 g/mol. The molecule has 0 aromatic heterocycles. The van der Waals surface area contributed by atoms with Gasteiger partial charge in [-0.25, -0.2) is 14.4 Å². The van der Waals surface area contributed by atoms with Crippen molar-refractivity contribution in [1.29, 1.82) is 0 Å². The highest BCUT2D eigenvalue weighted by Crippen LogP contribution is 1.88. The van der Waals surface area contributed by atoms with Crippen LogP contribution in [-0.2, 0) is 0 Å². The molecule has 0 aliphatic carbocycles. The number of hydrogen-bond acceptors (Lipinski definition) is 3. The first kappa shape index (κ1) is 25.2. The van der Waals surface area contributed by atoms with E-state index in [2.05, 4.69) is 48.7 Å². The van der Waals surface area contributed by atoms with Crippen LogP contribution in [0.3, 0.4) is 0 Å². The molecule has 0 spiro atoms. The molecular formula is C8H15Cl3O6. The second kappa shape index (κ2) is 24.5. The monoisotopic (exact) mass is 312 g/mol. The summed E-state index contributed by atoms with van der Waals surface area (Å²) in [5.74, 6) is 0. The van der Waals surface area contributed by atoms with Crippen LogP contribution in [0.2, 0.25) is 0 Å². The van der Waals surface area contributed by atoms with Crippen molar-refractivity contribution in [3.05, 3.63) is 0 Å². The summed E-state index contributed by atoms with van der Waals surface area (Å²) in [7, 11) is 0. The second-order valence-electron chi connectivity index (χ2n) is 2.11. The molecule has 0 bridgehead atoms. The van der Waals surface area contributed by atoms with Gasteiger partial charge in [-0.1, -0.05) is 33.1 Å². The molecule has 0 aromatic rings. The minimum absolute atomic E-state index is 1.34. The lowest BCUT2D eigenvalue weighted by atomic mass is 10.3. The summed E-state index contributed by atoms with van der Waals surface area (Å²) in [6, 6.07) is 0. The summed E-state index contributed by atoms with van der Waals surface area (Å²) in [5, 5.41) is 21.5. The van der Waals surface area contributed by atoms with E-state index in [1.54, 1.807) is 0 Å². The standard InChI is InChI=1S/C5H12.3CHClO2/c1-3-5-4-2;3*2-1(3)4/h3-5H2,1-2H3;3*(H,3,4). The molecule has 104 valence electrons. The summed E-state index contributed by atoms with van der Waals surface area (Å²) in [5.41, 5.74) is -4.08. The lowest BCUT2D eigenvalue weighted by Gasteiger charge is -1.79. The van der Waals surface area contributed by atoms with Crippen LogP contribution in [0, 0.1) is 0 Å². The zero-order valence-electron chi connectivity index (χ0n) is 9.32. The fourth-order valence-electron chi connectivity index (χ4n) is 0.354. The van der Waals surface area contributed by atoms with E-state index in [4.69, 9.17) is 29.7 Å². The molecule has 0 saturated carbocycles. The molecule has 0 amide bonds. The summed E-state index contributed by atoms with van der Waals surface area (Å²) >= 11 is 12.6. The Hall–Kier alpha value is -0.720. The molecule has 0 unspecified atom stereocenters. The van der Waals surface area contributed by atoms with Gasteiger partial charge in [-0.15, -0.1) is 0 Å². The Labute approximate surface area is 114 Å². The smallest absolute Gasteiger partial charge is 0.401 e. The van der Waals surface area contributed by atoms with Crippen LogP contribution >= 0.6 is 34.8 Å². The number of hydrogen-bond donors (Lipinski definition) is 3. The highest BCUT2D eigenvalue weighted by atomic mass is 35.5. The highest BCUT2D eigenvalue weighted by molar-refractivity contribution is 6.60. The first-order valence-electron chi connectivity index (χ1n) is 4.26. The van der Waals surface area contributed by atoms with Gasteiger partial charge in [0.05, 0.1) is 0 Å². The van der Waals surface area contributed by atoms with Gasteiger partial charge < -0.3 is 15.3 Å². The van der Waals surface area contributed by atoms with Gasteiger partial charge in [-0.05, 0) is 0 Å². The Morgan fingerprint density at radius 1 is 0.765 bits per heavy atom. The second-order valence-corrected chi connectivity index (χ2v) is 3.08. The summed E-state index contributed by atoms with van der Waals surface area (Å²) < 4.78 is 0. The fourth-order valence-corrected chi connectivity index (χ4v) is 0.354. The van der Waals surface area contributed by atoms with Crippen LogP contribution in [0.5, 0.6) is 0 Å². The molecule has 0 heterocycles. The Balaban J connectivity index is -0.0000000667. The molecule has 0 aliphatic rings. The van der Waals surface area contributed by atoms with E-state index < -0.39 is 16.3 Å². The van der Waals surface area contributed by atoms with Crippen molar-refractivity contribution < 1.29 is 29.7 Å². The predicted octanol–water partition coefficient (Wildman–Crippen LogP) is 4.91. The van der Waals surface area contributed by atoms with Crippen LogP contribution in [0.4, 0.5) is 14.4 Å². The minimum Gasteiger partial charge on any atom is -0.469 e. The highest BCUT2D eigenvalue weighted by Gasteiger charge is 1.71. The molecule has 0 saturated heterocycles. The van der Waals surface area contributed by atoms with Gasteiger partial charge in [0.15, 0.2) is 0 Å². The van der Waals surface area contributed by atoms with Gasteiger partial charge in [-0.2, -0.15) is 0 Å². The lowest BCUT2D eigenvalue weighted by Crippen LogP contribution is -1.66. The van der Waals surface area contributed by atoms with E-state index in [9.17, 15) is 0 Å². The molecule has 6 nitrogen and oxygen atoms in total. The quantitative estimate of drug-likeness (QED) is 0.625. The normalized spacial score (nSPS) is 6.88. The van der Waals surface area contributed by atoms with E-state index in [-0.39, 0.29) is 0 Å². The van der Waals surface area contributed by atoms with E-state index in [0.717, 1.165) is 0 Å². The van der Waals surface area contributed by atoms with Gasteiger partial charge in [0.25, 0.3) is 0 Å². The van der Waals surface area contributed by atoms with E-state index in [1.165, 1.54) is 19.3 Å². The number of carbonyl (C=O) groups is 3. The molecule has 0 fully saturated rings. The third kappa shape index (κ3) is 1640. The molecule has 0 radical (unpaired) electrons. The van der Waals surface area contributed by atoms with E-state index >= 15 is 0 Å². The zero-order valence-corrected chi connectivity index (χ0v) is 11.6. The molecule has 0 aromatic carbocycles. The van der Waals surface area contributed by atoms with Crippen molar-refractivity contribution in [2.75, 3.05) is 0 Å². The zero-order chi connectivity index (χ0) is 14.9. The van der Waals surface area contributed by atoms with Gasteiger partial charge in [0, 0.05) is 34.8 Å². The van der Waals surface area contributed by atoms with Crippen molar-refractivity contribution in [1.82, 2.24) is 0 Å². The Kier molecular flexibility index (Phi) is 36.3. The van der Waals surface area contributed by atoms with E-state index in [1.807, 2.05) is 0 Å². The molecule has 0 aliphatic heterocycles. The predicted molar refractivity (Wildman–Crippen MR) is 66.8 cm³/mol. The van der Waals surface area contributed by atoms with Gasteiger partial charge in [0.2, 0.25) is 0 Å². The Morgan fingerprint density at radius 3 is 0.882 bits per heavy atom. The number of rotatable bonds is 2. The van der Waals surface area contributed by atoms with Gasteiger partial charge in [-0.3, -0.25) is 0 Å². The first-order valence-corrected chi connectivity index (χ1v) is 5.40. The van der Waals surface area contributed by atoms with Gasteiger partial charge in [0.1, 0.15) is 0 Å². The van der Waals surface area contributed by atoms with Crippen molar-refractivity contribution in [3.8, 4) is 0 Å². The summed E-state index contributed by atoms with van der Waals surface area (Å²) in [6.45, 7) is 4.42.